The first-order chi connectivity index (χ1) is 5.75. The molecule has 0 aromatic heterocycles. The van der Waals surface area contributed by atoms with Gasteiger partial charge in [0.25, 0.3) is 0 Å². The quantitative estimate of drug-likeness (QED) is 0.792. The van der Waals surface area contributed by atoms with Gasteiger partial charge < -0.3 is 4.74 Å². The number of benzene rings is 1. The van der Waals surface area contributed by atoms with E-state index in [9.17, 15) is 0 Å². The van der Waals surface area contributed by atoms with Crippen molar-refractivity contribution in [3.05, 3.63) is 35.9 Å². The molecule has 0 bridgehead atoms. The summed E-state index contributed by atoms with van der Waals surface area (Å²) in [4.78, 5) is 0. The molecule has 0 fully saturated rings. The van der Waals surface area contributed by atoms with Gasteiger partial charge in [0, 0.05) is 7.11 Å². The molecule has 1 rings (SSSR count). The van der Waals surface area contributed by atoms with E-state index in [1.807, 2.05) is 30.3 Å². The molecule has 1 aromatic carbocycles. The van der Waals surface area contributed by atoms with Crippen molar-refractivity contribution < 1.29 is 4.74 Å². The number of hydrogen-bond donors (Lipinski definition) is 1. The molecular weight excluding hydrogens is 218 g/mol. The minimum atomic E-state index is -0.272. The lowest BCUT2D eigenvalue weighted by atomic mass is 10.1. The summed E-state index contributed by atoms with van der Waals surface area (Å²) in [6, 6.07) is 9.66. The fourth-order valence-corrected chi connectivity index (χ4v) is 1.46. The number of rotatable bonds is 3. The van der Waals surface area contributed by atoms with Crippen LogP contribution in [0, 0.1) is 5.41 Å². The molecule has 0 aliphatic heterocycles. The topological polar surface area (TPSA) is 33.1 Å². The molecule has 64 valence electrons. The molecule has 1 unspecified atom stereocenters. The molecule has 0 aliphatic rings. The van der Waals surface area contributed by atoms with E-state index in [-0.39, 0.29) is 6.10 Å². The van der Waals surface area contributed by atoms with Crippen molar-refractivity contribution in [2.75, 3.05) is 7.11 Å². The molecule has 0 saturated heterocycles. The highest BCUT2D eigenvalue weighted by molar-refractivity contribution is 9.18. The van der Waals surface area contributed by atoms with Crippen molar-refractivity contribution >= 4 is 20.6 Å². The first-order valence-corrected chi connectivity index (χ1v) is 4.36. The average molecular weight is 228 g/mol. The van der Waals surface area contributed by atoms with Crippen molar-refractivity contribution in [3.8, 4) is 0 Å². The second kappa shape index (κ2) is 4.38. The molecule has 0 radical (unpaired) electrons. The normalized spacial score (nSPS) is 12.5. The number of methoxy groups -OCH3 is 1. The smallest absolute Gasteiger partial charge is 0.130 e. The lowest BCUT2D eigenvalue weighted by molar-refractivity contribution is 0.160. The molecule has 0 aliphatic carbocycles. The highest BCUT2D eigenvalue weighted by Gasteiger charge is 2.12. The Kier molecular flexibility index (Phi) is 3.44. The molecule has 1 aromatic rings. The SMILES string of the molecule is COC(C(=N)Br)c1ccccc1. The fourth-order valence-electron chi connectivity index (χ4n) is 1.01. The maximum Gasteiger partial charge on any atom is 0.130 e. The van der Waals surface area contributed by atoms with Crippen LogP contribution in [0.2, 0.25) is 0 Å². The van der Waals surface area contributed by atoms with E-state index in [4.69, 9.17) is 10.1 Å². The maximum atomic E-state index is 7.38. The summed E-state index contributed by atoms with van der Waals surface area (Å²) in [5.74, 6) is 0. The number of halogens is 1. The Hall–Kier alpha value is -0.670. The van der Waals surface area contributed by atoms with Crippen molar-refractivity contribution in [2.45, 2.75) is 6.10 Å². The van der Waals surface area contributed by atoms with Crippen LogP contribution in [0.15, 0.2) is 30.3 Å². The van der Waals surface area contributed by atoms with Crippen molar-refractivity contribution in [1.29, 1.82) is 5.41 Å². The Bertz CT molecular complexity index is 260. The van der Waals surface area contributed by atoms with Crippen molar-refractivity contribution in [2.24, 2.45) is 0 Å². The van der Waals surface area contributed by atoms with E-state index in [2.05, 4.69) is 15.9 Å². The minimum Gasteiger partial charge on any atom is -0.370 e. The molecule has 1 N–H and O–H groups in total. The third kappa shape index (κ3) is 2.16. The van der Waals surface area contributed by atoms with Crippen molar-refractivity contribution in [1.82, 2.24) is 0 Å². The van der Waals surface area contributed by atoms with Crippen LogP contribution < -0.4 is 0 Å². The van der Waals surface area contributed by atoms with Gasteiger partial charge >= 0.3 is 0 Å². The average Bonchev–Trinajstić information content (AvgIpc) is 2.07. The summed E-state index contributed by atoms with van der Waals surface area (Å²) in [7, 11) is 1.59. The zero-order chi connectivity index (χ0) is 8.97. The summed E-state index contributed by atoms with van der Waals surface area (Å²) in [5.41, 5.74) is 0.988. The highest BCUT2D eigenvalue weighted by atomic mass is 79.9. The highest BCUT2D eigenvalue weighted by Crippen LogP contribution is 2.19. The largest absolute Gasteiger partial charge is 0.370 e. The molecule has 0 spiro atoms. The monoisotopic (exact) mass is 227 g/mol. The Balaban J connectivity index is 2.88. The Morgan fingerprint density at radius 1 is 1.42 bits per heavy atom. The molecule has 0 heterocycles. The van der Waals surface area contributed by atoms with Crippen LogP contribution in [0.1, 0.15) is 11.7 Å². The third-order valence-electron chi connectivity index (χ3n) is 1.57. The van der Waals surface area contributed by atoms with Crippen LogP contribution in [-0.4, -0.2) is 11.7 Å². The molecule has 2 nitrogen and oxygen atoms in total. The maximum absolute atomic E-state index is 7.38. The zero-order valence-corrected chi connectivity index (χ0v) is 8.34. The van der Waals surface area contributed by atoms with Gasteiger partial charge in [-0.25, -0.2) is 0 Å². The predicted octanol–water partition coefficient (Wildman–Crippen LogP) is 2.75. The van der Waals surface area contributed by atoms with E-state index in [1.165, 1.54) is 0 Å². The van der Waals surface area contributed by atoms with E-state index >= 15 is 0 Å². The number of nitrogens with one attached hydrogen (secondary N) is 1. The molecule has 3 heteroatoms. The van der Waals surface area contributed by atoms with Crippen LogP contribution in [0.5, 0.6) is 0 Å². The van der Waals surface area contributed by atoms with Crippen LogP contribution in [0.25, 0.3) is 0 Å². The van der Waals surface area contributed by atoms with Gasteiger partial charge in [-0.3, -0.25) is 5.41 Å². The summed E-state index contributed by atoms with van der Waals surface area (Å²) < 4.78 is 5.47. The van der Waals surface area contributed by atoms with Crippen molar-refractivity contribution in [3.63, 3.8) is 0 Å². The van der Waals surface area contributed by atoms with Crippen LogP contribution in [0.3, 0.4) is 0 Å². The number of hydrogen-bond acceptors (Lipinski definition) is 2. The van der Waals surface area contributed by atoms with E-state index < -0.39 is 0 Å². The van der Waals surface area contributed by atoms with Gasteiger partial charge in [-0.2, -0.15) is 0 Å². The van der Waals surface area contributed by atoms with Gasteiger partial charge in [0.1, 0.15) is 10.7 Å². The second-order valence-electron chi connectivity index (χ2n) is 2.37. The summed E-state index contributed by atoms with van der Waals surface area (Å²) in [5, 5.41) is 7.38. The van der Waals surface area contributed by atoms with Gasteiger partial charge in [0.05, 0.1) is 0 Å². The van der Waals surface area contributed by atoms with Crippen LogP contribution in [-0.2, 0) is 4.74 Å². The van der Waals surface area contributed by atoms with Crippen LogP contribution in [0.4, 0.5) is 0 Å². The minimum absolute atomic E-state index is 0.272. The van der Waals surface area contributed by atoms with Gasteiger partial charge in [0.2, 0.25) is 0 Å². The predicted molar refractivity (Wildman–Crippen MR) is 52.8 cm³/mol. The zero-order valence-electron chi connectivity index (χ0n) is 6.75. The van der Waals surface area contributed by atoms with E-state index in [0.717, 1.165) is 5.56 Å². The summed E-state index contributed by atoms with van der Waals surface area (Å²) >= 11 is 3.10. The van der Waals surface area contributed by atoms with Gasteiger partial charge in [0.15, 0.2) is 0 Å². The van der Waals surface area contributed by atoms with Gasteiger partial charge in [-0.15, -0.1) is 0 Å². The molecular formula is C9H10BrNO. The fraction of sp³-hybridized carbons (Fsp3) is 0.222. The second-order valence-corrected chi connectivity index (χ2v) is 3.23. The third-order valence-corrected chi connectivity index (χ3v) is 1.98. The van der Waals surface area contributed by atoms with Gasteiger partial charge in [-0.05, 0) is 21.5 Å². The van der Waals surface area contributed by atoms with Gasteiger partial charge in [-0.1, -0.05) is 30.3 Å². The molecule has 1 atom stereocenters. The van der Waals surface area contributed by atoms with E-state index in [0.29, 0.717) is 4.62 Å². The number of ether oxygens (including phenoxy) is 1. The Labute approximate surface area is 80.2 Å². The molecule has 0 saturated carbocycles. The summed E-state index contributed by atoms with van der Waals surface area (Å²) in [6.45, 7) is 0. The Morgan fingerprint density at radius 3 is 2.42 bits per heavy atom. The first kappa shape index (κ1) is 9.42. The first-order valence-electron chi connectivity index (χ1n) is 3.57. The molecule has 12 heavy (non-hydrogen) atoms. The standard InChI is InChI=1S/C9H10BrNO/c1-12-8(9(10)11)7-5-3-2-4-6-7/h2-6,8,11H,1H3. The lowest BCUT2D eigenvalue weighted by Gasteiger charge is -2.12. The lowest BCUT2D eigenvalue weighted by Crippen LogP contribution is -2.07. The summed E-state index contributed by atoms with van der Waals surface area (Å²) in [6.07, 6.45) is -0.272. The molecule has 0 amide bonds. The van der Waals surface area contributed by atoms with Crippen LogP contribution >= 0.6 is 15.9 Å². The van der Waals surface area contributed by atoms with E-state index in [1.54, 1.807) is 7.11 Å². The Morgan fingerprint density at radius 2 is 2.00 bits per heavy atom.